The van der Waals surface area contributed by atoms with Gasteiger partial charge in [-0.3, -0.25) is 4.68 Å². The summed E-state index contributed by atoms with van der Waals surface area (Å²) in [6.07, 6.45) is 3.40. The summed E-state index contributed by atoms with van der Waals surface area (Å²) in [6.45, 7) is 0.690. The SMILES string of the molecule is Fc1cc(Br)cc(OCCn2cccn2)c1F. The average molecular weight is 303 g/mol. The number of hydrogen-bond donors (Lipinski definition) is 0. The molecule has 0 aliphatic rings. The zero-order valence-corrected chi connectivity index (χ0v) is 10.3. The lowest BCUT2D eigenvalue weighted by atomic mass is 10.3. The van der Waals surface area contributed by atoms with Gasteiger partial charge in [0.2, 0.25) is 5.82 Å². The van der Waals surface area contributed by atoms with E-state index in [2.05, 4.69) is 21.0 Å². The van der Waals surface area contributed by atoms with Crippen LogP contribution < -0.4 is 4.74 Å². The number of aromatic nitrogens is 2. The first-order valence-corrected chi connectivity index (χ1v) is 5.71. The smallest absolute Gasteiger partial charge is 0.200 e. The molecule has 1 aromatic heterocycles. The minimum absolute atomic E-state index is 0.107. The predicted octanol–water partition coefficient (Wildman–Crippen LogP) is 3.00. The van der Waals surface area contributed by atoms with Crippen LogP contribution in [0.4, 0.5) is 8.78 Å². The van der Waals surface area contributed by atoms with E-state index in [-0.39, 0.29) is 12.4 Å². The van der Waals surface area contributed by atoms with E-state index in [0.717, 1.165) is 6.07 Å². The molecule has 0 aliphatic heterocycles. The first kappa shape index (κ1) is 12.0. The van der Waals surface area contributed by atoms with Gasteiger partial charge in [0, 0.05) is 16.9 Å². The highest BCUT2D eigenvalue weighted by Crippen LogP contribution is 2.25. The van der Waals surface area contributed by atoms with Gasteiger partial charge in [0.1, 0.15) is 6.61 Å². The van der Waals surface area contributed by atoms with Crippen LogP contribution in [-0.2, 0) is 6.54 Å². The Morgan fingerprint density at radius 2 is 2.18 bits per heavy atom. The van der Waals surface area contributed by atoms with Crippen LogP contribution in [0.5, 0.6) is 5.75 Å². The Labute approximate surface area is 105 Å². The zero-order chi connectivity index (χ0) is 12.3. The van der Waals surface area contributed by atoms with E-state index in [1.165, 1.54) is 6.07 Å². The molecular formula is C11H9BrF2N2O. The van der Waals surface area contributed by atoms with Crippen molar-refractivity contribution in [3.63, 3.8) is 0 Å². The van der Waals surface area contributed by atoms with E-state index in [1.807, 2.05) is 0 Å². The van der Waals surface area contributed by atoms with Gasteiger partial charge in [0.05, 0.1) is 6.54 Å². The molecule has 0 amide bonds. The molecule has 2 rings (SSSR count). The monoisotopic (exact) mass is 302 g/mol. The molecule has 90 valence electrons. The Balaban J connectivity index is 1.99. The summed E-state index contributed by atoms with van der Waals surface area (Å²) in [5.74, 6) is -2.02. The summed E-state index contributed by atoms with van der Waals surface area (Å²) in [4.78, 5) is 0. The molecule has 0 unspecified atom stereocenters. The van der Waals surface area contributed by atoms with E-state index in [4.69, 9.17) is 4.74 Å². The molecule has 0 fully saturated rings. The number of halogens is 3. The Morgan fingerprint density at radius 1 is 1.35 bits per heavy atom. The van der Waals surface area contributed by atoms with Crippen molar-refractivity contribution in [2.45, 2.75) is 6.54 Å². The third-order valence-corrected chi connectivity index (χ3v) is 2.55. The molecule has 3 nitrogen and oxygen atoms in total. The van der Waals surface area contributed by atoms with Crippen LogP contribution in [0.2, 0.25) is 0 Å². The van der Waals surface area contributed by atoms with Gasteiger partial charge in [0.15, 0.2) is 11.6 Å². The Kier molecular flexibility index (Phi) is 3.73. The third kappa shape index (κ3) is 3.03. The standard InChI is InChI=1S/C11H9BrF2N2O/c12-8-6-9(13)11(14)10(7-8)17-5-4-16-3-1-2-15-16/h1-3,6-7H,4-5H2. The van der Waals surface area contributed by atoms with Crippen molar-refractivity contribution in [1.29, 1.82) is 0 Å². The maximum Gasteiger partial charge on any atom is 0.200 e. The molecule has 2 aromatic rings. The van der Waals surface area contributed by atoms with Gasteiger partial charge in [-0.15, -0.1) is 0 Å². The van der Waals surface area contributed by atoms with Crippen molar-refractivity contribution < 1.29 is 13.5 Å². The van der Waals surface area contributed by atoms with Crippen LogP contribution in [0.1, 0.15) is 0 Å². The summed E-state index contributed by atoms with van der Waals surface area (Å²) >= 11 is 3.07. The summed E-state index contributed by atoms with van der Waals surface area (Å²) < 4.78 is 33.6. The lowest BCUT2D eigenvalue weighted by molar-refractivity contribution is 0.273. The van der Waals surface area contributed by atoms with Crippen LogP contribution in [0.15, 0.2) is 35.1 Å². The first-order valence-electron chi connectivity index (χ1n) is 4.91. The van der Waals surface area contributed by atoms with E-state index < -0.39 is 11.6 Å². The highest BCUT2D eigenvalue weighted by molar-refractivity contribution is 9.10. The Morgan fingerprint density at radius 3 is 2.88 bits per heavy atom. The molecule has 0 N–H and O–H groups in total. The minimum Gasteiger partial charge on any atom is -0.488 e. The maximum atomic E-state index is 13.3. The van der Waals surface area contributed by atoms with Crippen molar-refractivity contribution in [3.05, 3.63) is 46.7 Å². The molecule has 0 bridgehead atoms. The zero-order valence-electron chi connectivity index (χ0n) is 8.74. The second kappa shape index (κ2) is 5.27. The van der Waals surface area contributed by atoms with Gasteiger partial charge in [0.25, 0.3) is 0 Å². The van der Waals surface area contributed by atoms with Crippen molar-refractivity contribution in [2.24, 2.45) is 0 Å². The molecular weight excluding hydrogens is 294 g/mol. The van der Waals surface area contributed by atoms with Gasteiger partial charge < -0.3 is 4.74 Å². The number of hydrogen-bond acceptors (Lipinski definition) is 2. The van der Waals surface area contributed by atoms with Crippen molar-refractivity contribution in [3.8, 4) is 5.75 Å². The van der Waals surface area contributed by atoms with Gasteiger partial charge in [-0.05, 0) is 18.2 Å². The van der Waals surface area contributed by atoms with Gasteiger partial charge in [-0.2, -0.15) is 9.49 Å². The molecule has 0 atom stereocenters. The van der Waals surface area contributed by atoms with Gasteiger partial charge >= 0.3 is 0 Å². The van der Waals surface area contributed by atoms with Crippen LogP contribution in [0.3, 0.4) is 0 Å². The highest BCUT2D eigenvalue weighted by atomic mass is 79.9. The lowest BCUT2D eigenvalue weighted by Crippen LogP contribution is -2.09. The van der Waals surface area contributed by atoms with Crippen LogP contribution in [-0.4, -0.2) is 16.4 Å². The van der Waals surface area contributed by atoms with E-state index in [9.17, 15) is 8.78 Å². The Hall–Kier alpha value is -1.43. The average Bonchev–Trinajstić information content (AvgIpc) is 2.78. The minimum atomic E-state index is -0.978. The molecule has 1 aromatic carbocycles. The number of benzene rings is 1. The fourth-order valence-corrected chi connectivity index (χ4v) is 1.73. The second-order valence-corrected chi connectivity index (χ2v) is 4.23. The molecule has 0 radical (unpaired) electrons. The maximum absolute atomic E-state index is 13.3. The summed E-state index contributed by atoms with van der Waals surface area (Å²) in [7, 11) is 0. The third-order valence-electron chi connectivity index (χ3n) is 2.10. The summed E-state index contributed by atoms with van der Waals surface area (Å²) in [5.41, 5.74) is 0. The molecule has 0 spiro atoms. The normalized spacial score (nSPS) is 10.5. The highest BCUT2D eigenvalue weighted by Gasteiger charge is 2.11. The summed E-state index contributed by atoms with van der Waals surface area (Å²) in [6, 6.07) is 4.22. The van der Waals surface area contributed by atoms with Crippen LogP contribution in [0, 0.1) is 11.6 Å². The number of nitrogens with zero attached hydrogens (tertiary/aromatic N) is 2. The fourth-order valence-electron chi connectivity index (χ4n) is 1.32. The van der Waals surface area contributed by atoms with Crippen molar-refractivity contribution in [1.82, 2.24) is 9.78 Å². The van der Waals surface area contributed by atoms with Crippen LogP contribution >= 0.6 is 15.9 Å². The second-order valence-electron chi connectivity index (χ2n) is 3.32. The lowest BCUT2D eigenvalue weighted by Gasteiger charge is -2.08. The molecule has 17 heavy (non-hydrogen) atoms. The van der Waals surface area contributed by atoms with Crippen molar-refractivity contribution in [2.75, 3.05) is 6.61 Å². The molecule has 6 heteroatoms. The molecule has 0 saturated heterocycles. The largest absolute Gasteiger partial charge is 0.488 e. The van der Waals surface area contributed by atoms with E-state index in [1.54, 1.807) is 23.1 Å². The van der Waals surface area contributed by atoms with Gasteiger partial charge in [-0.1, -0.05) is 15.9 Å². The molecule has 1 heterocycles. The first-order chi connectivity index (χ1) is 8.16. The van der Waals surface area contributed by atoms with Crippen molar-refractivity contribution >= 4 is 15.9 Å². The van der Waals surface area contributed by atoms with Gasteiger partial charge in [-0.25, -0.2) is 4.39 Å². The quantitative estimate of drug-likeness (QED) is 0.812. The van der Waals surface area contributed by atoms with E-state index >= 15 is 0 Å². The number of ether oxygens (including phenoxy) is 1. The predicted molar refractivity (Wildman–Crippen MR) is 61.8 cm³/mol. The topological polar surface area (TPSA) is 27.1 Å². The fraction of sp³-hybridized carbons (Fsp3) is 0.182. The van der Waals surface area contributed by atoms with E-state index in [0.29, 0.717) is 11.0 Å². The Bertz CT molecular complexity index is 502. The van der Waals surface area contributed by atoms with Crippen LogP contribution in [0.25, 0.3) is 0 Å². The summed E-state index contributed by atoms with van der Waals surface area (Å²) in [5, 5.41) is 3.96. The molecule has 0 saturated carbocycles. The molecule has 0 aliphatic carbocycles. The number of rotatable bonds is 4.